The molecule has 0 radical (unpaired) electrons. The average molecular weight is 250 g/mol. The van der Waals surface area contributed by atoms with Crippen molar-refractivity contribution in [1.82, 2.24) is 0 Å². The second-order valence-corrected chi connectivity index (χ2v) is 5.79. The van der Waals surface area contributed by atoms with Crippen molar-refractivity contribution in [2.45, 2.75) is 5.75 Å². The van der Waals surface area contributed by atoms with Crippen molar-refractivity contribution in [2.75, 3.05) is 0 Å². The van der Waals surface area contributed by atoms with Crippen LogP contribution >= 0.6 is 22.3 Å². The van der Waals surface area contributed by atoms with Gasteiger partial charge in [-0.25, -0.2) is 8.42 Å². The fourth-order valence-electron chi connectivity index (χ4n) is 0.920. The molecule has 0 bridgehead atoms. The molecule has 0 atom stereocenters. The zero-order valence-corrected chi connectivity index (χ0v) is 9.20. The van der Waals surface area contributed by atoms with E-state index in [1.54, 1.807) is 0 Å². The van der Waals surface area contributed by atoms with Crippen LogP contribution in [0.1, 0.15) is 11.1 Å². The number of nitrogens with zero attached hydrogens (tertiary/aromatic N) is 1. The van der Waals surface area contributed by atoms with Crippen molar-refractivity contribution in [1.29, 1.82) is 5.26 Å². The Hall–Kier alpha value is -0.760. The molecule has 0 aliphatic carbocycles. The van der Waals surface area contributed by atoms with E-state index in [0.717, 1.165) is 0 Å². The summed E-state index contributed by atoms with van der Waals surface area (Å²) in [4.78, 5) is 0. The molecule has 0 saturated carbocycles. The zero-order valence-electron chi connectivity index (χ0n) is 6.87. The summed E-state index contributed by atoms with van der Waals surface area (Å²) in [5, 5.41) is 8.76. The highest BCUT2D eigenvalue weighted by Crippen LogP contribution is 2.21. The summed E-state index contributed by atoms with van der Waals surface area (Å²) in [6.45, 7) is 0. The monoisotopic (exact) mass is 249 g/mol. The van der Waals surface area contributed by atoms with Gasteiger partial charge in [-0.1, -0.05) is 17.7 Å². The van der Waals surface area contributed by atoms with Crippen molar-refractivity contribution in [3.8, 4) is 6.07 Å². The van der Waals surface area contributed by atoms with Crippen LogP contribution in [0.4, 0.5) is 0 Å². The van der Waals surface area contributed by atoms with E-state index in [9.17, 15) is 8.42 Å². The predicted molar refractivity (Wildman–Crippen MR) is 54.6 cm³/mol. The molecule has 0 amide bonds. The van der Waals surface area contributed by atoms with Crippen LogP contribution < -0.4 is 0 Å². The number of hydrogen-bond donors (Lipinski definition) is 0. The Bertz CT molecular complexity index is 491. The van der Waals surface area contributed by atoms with E-state index in [0.29, 0.717) is 11.1 Å². The van der Waals surface area contributed by atoms with Crippen LogP contribution in [0.25, 0.3) is 0 Å². The molecule has 14 heavy (non-hydrogen) atoms. The Morgan fingerprint density at radius 1 is 1.43 bits per heavy atom. The fourth-order valence-corrected chi connectivity index (χ4v) is 2.22. The summed E-state index contributed by atoms with van der Waals surface area (Å²) in [5.41, 5.74) is 0.770. The number of rotatable bonds is 2. The van der Waals surface area contributed by atoms with Gasteiger partial charge in [0.15, 0.2) is 0 Å². The van der Waals surface area contributed by atoms with E-state index in [2.05, 4.69) is 0 Å². The van der Waals surface area contributed by atoms with Gasteiger partial charge in [-0.2, -0.15) is 5.26 Å². The molecular weight excluding hydrogens is 245 g/mol. The van der Waals surface area contributed by atoms with E-state index < -0.39 is 9.05 Å². The molecule has 0 spiro atoms. The van der Waals surface area contributed by atoms with Gasteiger partial charge in [0.05, 0.1) is 17.4 Å². The Morgan fingerprint density at radius 2 is 2.07 bits per heavy atom. The van der Waals surface area contributed by atoms with E-state index in [-0.39, 0.29) is 10.8 Å². The Balaban J connectivity index is 3.09. The second-order valence-electron chi connectivity index (χ2n) is 2.60. The number of halogens is 2. The van der Waals surface area contributed by atoms with Gasteiger partial charge in [-0.05, 0) is 17.7 Å². The Morgan fingerprint density at radius 3 is 2.50 bits per heavy atom. The van der Waals surface area contributed by atoms with E-state index >= 15 is 0 Å². The van der Waals surface area contributed by atoms with Crippen molar-refractivity contribution in [2.24, 2.45) is 0 Å². The molecule has 0 fully saturated rings. The molecular formula is C8H5Cl2NO2S. The lowest BCUT2D eigenvalue weighted by molar-refractivity contribution is 0.609. The van der Waals surface area contributed by atoms with E-state index in [4.69, 9.17) is 27.5 Å². The molecule has 0 unspecified atom stereocenters. The summed E-state index contributed by atoms with van der Waals surface area (Å²) in [5.74, 6) is -0.334. The van der Waals surface area contributed by atoms with E-state index in [1.165, 1.54) is 18.2 Å². The first-order valence-corrected chi connectivity index (χ1v) is 6.39. The van der Waals surface area contributed by atoms with Gasteiger partial charge in [-0.3, -0.25) is 0 Å². The molecule has 0 heterocycles. The van der Waals surface area contributed by atoms with Crippen LogP contribution in [0.2, 0.25) is 5.02 Å². The molecule has 0 aliphatic rings. The maximum atomic E-state index is 10.7. The minimum atomic E-state index is -3.61. The molecule has 0 aromatic heterocycles. The lowest BCUT2D eigenvalue weighted by Crippen LogP contribution is -1.96. The molecule has 0 aliphatic heterocycles. The lowest BCUT2D eigenvalue weighted by Gasteiger charge is -2.01. The molecule has 6 heteroatoms. The third-order valence-corrected chi connectivity index (χ3v) is 2.85. The van der Waals surface area contributed by atoms with E-state index in [1.807, 2.05) is 6.07 Å². The highest BCUT2D eigenvalue weighted by Gasteiger charge is 2.10. The molecule has 1 aromatic rings. The fraction of sp³-hybridized carbons (Fsp3) is 0.125. The summed E-state index contributed by atoms with van der Waals surface area (Å²) in [7, 11) is 1.45. The molecule has 1 aromatic carbocycles. The number of nitriles is 1. The largest absolute Gasteiger partial charge is 0.236 e. The quantitative estimate of drug-likeness (QED) is 0.756. The maximum Gasteiger partial charge on any atom is 0.236 e. The minimum absolute atomic E-state index is 0.230. The maximum absolute atomic E-state index is 10.7. The van der Waals surface area contributed by atoms with Crippen molar-refractivity contribution >= 4 is 31.3 Å². The third-order valence-electron chi connectivity index (χ3n) is 1.51. The first-order valence-electron chi connectivity index (χ1n) is 3.53. The number of hydrogen-bond acceptors (Lipinski definition) is 3. The summed E-state index contributed by atoms with van der Waals surface area (Å²) >= 11 is 5.74. The lowest BCUT2D eigenvalue weighted by atomic mass is 10.2. The van der Waals surface area contributed by atoms with Gasteiger partial charge in [0.2, 0.25) is 9.05 Å². The van der Waals surface area contributed by atoms with Gasteiger partial charge >= 0.3 is 0 Å². The predicted octanol–water partition coefficient (Wildman–Crippen LogP) is 2.28. The zero-order chi connectivity index (χ0) is 10.8. The first kappa shape index (κ1) is 11.3. The standard InChI is InChI=1S/C8H5Cl2NO2S/c9-8-3-6(4-11)1-2-7(8)5-14(10,12)13/h1-3H,5H2. The van der Waals surface area contributed by atoms with Gasteiger partial charge in [-0.15, -0.1) is 0 Å². The van der Waals surface area contributed by atoms with Crippen LogP contribution in [-0.2, 0) is 14.8 Å². The number of benzene rings is 1. The average Bonchev–Trinajstić information content (AvgIpc) is 2.06. The summed E-state index contributed by atoms with van der Waals surface area (Å²) in [6.07, 6.45) is 0. The van der Waals surface area contributed by atoms with Gasteiger partial charge in [0.25, 0.3) is 0 Å². The van der Waals surface area contributed by atoms with Gasteiger partial charge in [0, 0.05) is 15.7 Å². The highest BCUT2D eigenvalue weighted by molar-refractivity contribution is 8.13. The van der Waals surface area contributed by atoms with Crippen LogP contribution in [0.15, 0.2) is 18.2 Å². The molecule has 3 nitrogen and oxygen atoms in total. The van der Waals surface area contributed by atoms with Crippen molar-refractivity contribution in [3.63, 3.8) is 0 Å². The Labute approximate surface area is 91.3 Å². The van der Waals surface area contributed by atoms with Crippen LogP contribution in [0.3, 0.4) is 0 Å². The van der Waals surface area contributed by atoms with Crippen LogP contribution in [0, 0.1) is 11.3 Å². The van der Waals surface area contributed by atoms with Crippen LogP contribution in [0.5, 0.6) is 0 Å². The third kappa shape index (κ3) is 3.18. The first-order chi connectivity index (χ1) is 6.42. The van der Waals surface area contributed by atoms with Crippen LogP contribution in [-0.4, -0.2) is 8.42 Å². The van der Waals surface area contributed by atoms with Crippen molar-refractivity contribution in [3.05, 3.63) is 34.3 Å². The highest BCUT2D eigenvalue weighted by atomic mass is 35.7. The van der Waals surface area contributed by atoms with Crippen molar-refractivity contribution < 1.29 is 8.42 Å². The summed E-state index contributed by atoms with van der Waals surface area (Å²) < 4.78 is 21.5. The molecule has 0 N–H and O–H groups in total. The second kappa shape index (κ2) is 4.18. The smallest absolute Gasteiger partial charge is 0.212 e. The molecule has 74 valence electrons. The van der Waals surface area contributed by atoms with Gasteiger partial charge < -0.3 is 0 Å². The SMILES string of the molecule is N#Cc1ccc(CS(=O)(=O)Cl)c(Cl)c1. The minimum Gasteiger partial charge on any atom is -0.212 e. The molecule has 0 saturated heterocycles. The van der Waals surface area contributed by atoms with Gasteiger partial charge in [0.1, 0.15) is 0 Å². The summed E-state index contributed by atoms with van der Waals surface area (Å²) in [6, 6.07) is 6.26. The topological polar surface area (TPSA) is 57.9 Å². The Kier molecular flexibility index (Phi) is 3.38. The molecule has 1 rings (SSSR count). The normalized spacial score (nSPS) is 10.9.